The first kappa shape index (κ1) is 15.2. The summed E-state index contributed by atoms with van der Waals surface area (Å²) in [6.07, 6.45) is 0. The standard InChI is InChI=1S/C18H21ClN2O/c1-22-18-8-7-16(19)13-17(18)21-11-9-20(10-12-21)14-15-5-3-2-4-6-15/h2-8,13H,9-12,14H2,1H3. The molecule has 0 unspecified atom stereocenters. The number of nitrogens with zero attached hydrogens (tertiary/aromatic N) is 2. The summed E-state index contributed by atoms with van der Waals surface area (Å²) in [5, 5.41) is 0.752. The van der Waals surface area contributed by atoms with Crippen molar-refractivity contribution in [2.75, 3.05) is 38.2 Å². The lowest BCUT2D eigenvalue weighted by Gasteiger charge is -2.36. The van der Waals surface area contributed by atoms with Crippen molar-refractivity contribution in [2.45, 2.75) is 6.54 Å². The number of halogens is 1. The van der Waals surface area contributed by atoms with E-state index in [4.69, 9.17) is 16.3 Å². The summed E-state index contributed by atoms with van der Waals surface area (Å²) >= 11 is 6.14. The Labute approximate surface area is 137 Å². The Hall–Kier alpha value is -1.71. The molecule has 0 atom stereocenters. The zero-order valence-electron chi connectivity index (χ0n) is 12.8. The summed E-state index contributed by atoms with van der Waals surface area (Å²) in [5.74, 6) is 0.890. The number of hydrogen-bond donors (Lipinski definition) is 0. The number of benzene rings is 2. The van der Waals surface area contributed by atoms with Crippen molar-refractivity contribution in [3.05, 3.63) is 59.1 Å². The maximum atomic E-state index is 6.14. The van der Waals surface area contributed by atoms with Crippen LogP contribution >= 0.6 is 11.6 Å². The van der Waals surface area contributed by atoms with Gasteiger partial charge >= 0.3 is 0 Å². The van der Waals surface area contributed by atoms with Crippen molar-refractivity contribution in [1.82, 2.24) is 4.90 Å². The maximum Gasteiger partial charge on any atom is 0.142 e. The van der Waals surface area contributed by atoms with E-state index < -0.39 is 0 Å². The summed E-state index contributed by atoms with van der Waals surface area (Å²) in [6, 6.07) is 16.4. The molecular formula is C18H21ClN2O. The summed E-state index contributed by atoms with van der Waals surface area (Å²) < 4.78 is 5.46. The zero-order chi connectivity index (χ0) is 15.4. The minimum Gasteiger partial charge on any atom is -0.495 e. The summed E-state index contributed by atoms with van der Waals surface area (Å²) in [7, 11) is 1.71. The summed E-state index contributed by atoms with van der Waals surface area (Å²) in [4.78, 5) is 4.84. The van der Waals surface area contributed by atoms with Crippen molar-refractivity contribution < 1.29 is 4.74 Å². The van der Waals surface area contributed by atoms with Gasteiger partial charge in [0.25, 0.3) is 0 Å². The molecule has 2 aromatic rings. The Kier molecular flexibility index (Phi) is 4.86. The third kappa shape index (κ3) is 3.54. The van der Waals surface area contributed by atoms with Crippen LogP contribution in [-0.4, -0.2) is 38.2 Å². The van der Waals surface area contributed by atoms with E-state index in [0.29, 0.717) is 0 Å². The maximum absolute atomic E-state index is 6.14. The minimum atomic E-state index is 0.752. The number of piperazine rings is 1. The third-order valence-electron chi connectivity index (χ3n) is 4.10. The van der Waals surface area contributed by atoms with Crippen LogP contribution in [0.4, 0.5) is 5.69 Å². The molecule has 1 heterocycles. The fourth-order valence-corrected chi connectivity index (χ4v) is 3.07. The summed E-state index contributed by atoms with van der Waals surface area (Å²) in [5.41, 5.74) is 2.46. The second-order valence-corrected chi connectivity index (χ2v) is 6.00. The molecule has 4 heteroatoms. The van der Waals surface area contributed by atoms with Crippen molar-refractivity contribution in [3.8, 4) is 5.75 Å². The Morgan fingerprint density at radius 3 is 2.41 bits per heavy atom. The first-order valence-corrected chi connectivity index (χ1v) is 7.99. The average Bonchev–Trinajstić information content (AvgIpc) is 2.56. The van der Waals surface area contributed by atoms with Crippen molar-refractivity contribution in [2.24, 2.45) is 0 Å². The highest BCUT2D eigenvalue weighted by Crippen LogP contribution is 2.31. The molecule has 116 valence electrons. The molecule has 0 amide bonds. The van der Waals surface area contributed by atoms with Crippen LogP contribution in [-0.2, 0) is 6.54 Å². The monoisotopic (exact) mass is 316 g/mol. The van der Waals surface area contributed by atoms with Crippen LogP contribution < -0.4 is 9.64 Å². The lowest BCUT2D eigenvalue weighted by Crippen LogP contribution is -2.46. The van der Waals surface area contributed by atoms with E-state index in [1.807, 2.05) is 18.2 Å². The first-order chi connectivity index (χ1) is 10.8. The SMILES string of the molecule is COc1ccc(Cl)cc1N1CCN(Cc2ccccc2)CC1. The van der Waals surface area contributed by atoms with Gasteiger partial charge in [-0.2, -0.15) is 0 Å². The molecule has 0 radical (unpaired) electrons. The number of methoxy groups -OCH3 is 1. The van der Waals surface area contributed by atoms with Crippen LogP contribution in [0.5, 0.6) is 5.75 Å². The quantitative estimate of drug-likeness (QED) is 0.856. The molecule has 0 aromatic heterocycles. The predicted molar refractivity (Wildman–Crippen MR) is 91.9 cm³/mol. The molecule has 0 bridgehead atoms. The third-order valence-corrected chi connectivity index (χ3v) is 4.34. The van der Waals surface area contributed by atoms with Crippen LogP contribution in [0.15, 0.2) is 48.5 Å². The van der Waals surface area contributed by atoms with Crippen LogP contribution in [0.1, 0.15) is 5.56 Å². The molecule has 1 aliphatic heterocycles. The van der Waals surface area contributed by atoms with Gasteiger partial charge in [-0.15, -0.1) is 0 Å². The number of ether oxygens (including phenoxy) is 1. The molecule has 0 N–H and O–H groups in total. The molecule has 3 rings (SSSR count). The normalized spacial score (nSPS) is 15.8. The van der Waals surface area contributed by atoms with E-state index in [1.54, 1.807) is 7.11 Å². The fraction of sp³-hybridized carbons (Fsp3) is 0.333. The Morgan fingerprint density at radius 2 is 1.73 bits per heavy atom. The van der Waals surface area contributed by atoms with Gasteiger partial charge in [0.15, 0.2) is 0 Å². The van der Waals surface area contributed by atoms with E-state index in [-0.39, 0.29) is 0 Å². The largest absolute Gasteiger partial charge is 0.495 e. The van der Waals surface area contributed by atoms with Gasteiger partial charge in [0.1, 0.15) is 5.75 Å². The molecule has 1 fully saturated rings. The highest BCUT2D eigenvalue weighted by atomic mass is 35.5. The fourth-order valence-electron chi connectivity index (χ4n) is 2.90. The van der Waals surface area contributed by atoms with Crippen LogP contribution in [0.25, 0.3) is 0 Å². The second kappa shape index (κ2) is 7.03. The number of hydrogen-bond acceptors (Lipinski definition) is 3. The minimum absolute atomic E-state index is 0.752. The van der Waals surface area contributed by atoms with E-state index in [2.05, 4.69) is 40.1 Å². The van der Waals surface area contributed by atoms with Gasteiger partial charge in [-0.05, 0) is 23.8 Å². The molecule has 2 aromatic carbocycles. The van der Waals surface area contributed by atoms with Crippen molar-refractivity contribution in [1.29, 1.82) is 0 Å². The average molecular weight is 317 g/mol. The molecule has 22 heavy (non-hydrogen) atoms. The van der Waals surface area contributed by atoms with Gasteiger partial charge in [-0.3, -0.25) is 4.90 Å². The van der Waals surface area contributed by atoms with Crippen LogP contribution in [0, 0.1) is 0 Å². The van der Waals surface area contributed by atoms with Crippen LogP contribution in [0.3, 0.4) is 0 Å². The molecule has 1 aliphatic rings. The molecular weight excluding hydrogens is 296 g/mol. The Morgan fingerprint density at radius 1 is 1.00 bits per heavy atom. The molecule has 3 nitrogen and oxygen atoms in total. The molecule has 0 spiro atoms. The Bertz CT molecular complexity index is 610. The number of rotatable bonds is 4. The van der Waals surface area contributed by atoms with Crippen molar-refractivity contribution in [3.63, 3.8) is 0 Å². The predicted octanol–water partition coefficient (Wildman–Crippen LogP) is 3.67. The van der Waals surface area contributed by atoms with E-state index in [0.717, 1.165) is 49.2 Å². The zero-order valence-corrected chi connectivity index (χ0v) is 13.6. The Balaban J connectivity index is 1.63. The molecule has 1 saturated heterocycles. The van der Waals surface area contributed by atoms with Crippen molar-refractivity contribution >= 4 is 17.3 Å². The van der Waals surface area contributed by atoms with Crippen LogP contribution in [0.2, 0.25) is 5.02 Å². The number of anilines is 1. The van der Waals surface area contributed by atoms with Gasteiger partial charge < -0.3 is 9.64 Å². The molecule has 0 aliphatic carbocycles. The van der Waals surface area contributed by atoms with Gasteiger partial charge in [-0.1, -0.05) is 41.9 Å². The first-order valence-electron chi connectivity index (χ1n) is 7.61. The lowest BCUT2D eigenvalue weighted by atomic mass is 10.2. The van der Waals surface area contributed by atoms with E-state index >= 15 is 0 Å². The second-order valence-electron chi connectivity index (χ2n) is 5.56. The highest BCUT2D eigenvalue weighted by Gasteiger charge is 2.20. The van der Waals surface area contributed by atoms with E-state index in [9.17, 15) is 0 Å². The van der Waals surface area contributed by atoms with Gasteiger partial charge in [0.2, 0.25) is 0 Å². The van der Waals surface area contributed by atoms with Gasteiger partial charge in [-0.25, -0.2) is 0 Å². The van der Waals surface area contributed by atoms with E-state index in [1.165, 1.54) is 5.56 Å². The smallest absolute Gasteiger partial charge is 0.142 e. The highest BCUT2D eigenvalue weighted by molar-refractivity contribution is 6.30. The molecule has 0 saturated carbocycles. The topological polar surface area (TPSA) is 15.7 Å². The van der Waals surface area contributed by atoms with Gasteiger partial charge in [0.05, 0.1) is 12.8 Å². The lowest BCUT2D eigenvalue weighted by molar-refractivity contribution is 0.249. The van der Waals surface area contributed by atoms with Gasteiger partial charge in [0, 0.05) is 37.7 Å². The summed E-state index contributed by atoms with van der Waals surface area (Å²) in [6.45, 7) is 5.09.